The summed E-state index contributed by atoms with van der Waals surface area (Å²) in [4.78, 5) is 43.8. The number of benzene rings is 3. The molecule has 12 heteroatoms. The van der Waals surface area contributed by atoms with Crippen LogP contribution in [0.25, 0.3) is 10.9 Å². The molecule has 1 aliphatic heterocycles. The molecule has 1 aromatic heterocycles. The van der Waals surface area contributed by atoms with Crippen LogP contribution in [0.5, 0.6) is 23.0 Å². The Labute approximate surface area is 260 Å². The maximum Gasteiger partial charge on any atom is 0.262 e. The van der Waals surface area contributed by atoms with Gasteiger partial charge < -0.3 is 24.3 Å². The van der Waals surface area contributed by atoms with Crippen LogP contribution in [0, 0.1) is 0 Å². The van der Waals surface area contributed by atoms with Crippen molar-refractivity contribution in [1.29, 1.82) is 0 Å². The van der Waals surface area contributed by atoms with Gasteiger partial charge in [0.1, 0.15) is 0 Å². The Bertz CT molecular complexity index is 1710. The summed E-state index contributed by atoms with van der Waals surface area (Å²) in [5.74, 6) is 2.18. The van der Waals surface area contributed by atoms with E-state index in [1.807, 2.05) is 30.3 Å². The molecule has 0 spiro atoms. The van der Waals surface area contributed by atoms with E-state index in [2.05, 4.69) is 21.2 Å². The van der Waals surface area contributed by atoms with Gasteiger partial charge in [-0.3, -0.25) is 19.0 Å². The molecule has 1 aliphatic rings. The van der Waals surface area contributed by atoms with E-state index in [9.17, 15) is 14.4 Å². The van der Waals surface area contributed by atoms with Crippen molar-refractivity contribution < 1.29 is 28.5 Å². The number of carbonyl (C=O) groups is 2. The predicted molar refractivity (Wildman–Crippen MR) is 167 cm³/mol. The van der Waals surface area contributed by atoms with Crippen LogP contribution >= 0.6 is 27.7 Å². The molecule has 224 valence electrons. The van der Waals surface area contributed by atoms with Crippen LogP contribution in [-0.4, -0.2) is 54.6 Å². The molecule has 0 aliphatic carbocycles. The van der Waals surface area contributed by atoms with Gasteiger partial charge >= 0.3 is 0 Å². The zero-order chi connectivity index (χ0) is 30.3. The van der Waals surface area contributed by atoms with Gasteiger partial charge in [0.2, 0.25) is 12.7 Å². The van der Waals surface area contributed by atoms with Gasteiger partial charge in [-0.1, -0.05) is 45.9 Å². The minimum Gasteiger partial charge on any atom is -0.493 e. The summed E-state index contributed by atoms with van der Waals surface area (Å²) >= 11 is 4.57. The molecule has 1 N–H and O–H groups in total. The number of nitrogens with zero attached hydrogens (tertiary/aromatic N) is 2. The smallest absolute Gasteiger partial charge is 0.262 e. The lowest BCUT2D eigenvalue weighted by Crippen LogP contribution is -2.27. The van der Waals surface area contributed by atoms with Gasteiger partial charge in [-0.2, -0.15) is 0 Å². The highest BCUT2D eigenvalue weighted by Gasteiger charge is 2.20. The summed E-state index contributed by atoms with van der Waals surface area (Å²) in [6, 6.07) is 16.1. The number of amides is 1. The van der Waals surface area contributed by atoms with Crippen molar-refractivity contribution in [3.05, 3.63) is 80.6 Å². The number of hydrogen-bond donors (Lipinski definition) is 1. The second kappa shape index (κ2) is 14.0. The molecule has 1 amide bonds. The highest BCUT2D eigenvalue weighted by molar-refractivity contribution is 9.10. The number of ether oxygens (including phenoxy) is 4. The molecule has 0 saturated heterocycles. The third-order valence-electron chi connectivity index (χ3n) is 6.88. The number of aromatic nitrogens is 2. The Morgan fingerprint density at radius 2 is 1.77 bits per heavy atom. The fourth-order valence-corrected chi connectivity index (χ4v) is 5.80. The van der Waals surface area contributed by atoms with E-state index >= 15 is 0 Å². The maximum absolute atomic E-state index is 13.6. The van der Waals surface area contributed by atoms with Gasteiger partial charge in [-0.15, -0.1) is 0 Å². The van der Waals surface area contributed by atoms with E-state index in [0.29, 0.717) is 64.0 Å². The number of fused-ring (bicyclic) bond motifs is 2. The highest BCUT2D eigenvalue weighted by Crippen LogP contribution is 2.35. The zero-order valence-electron chi connectivity index (χ0n) is 23.7. The predicted octanol–water partition coefficient (Wildman–Crippen LogP) is 5.02. The quantitative estimate of drug-likeness (QED) is 0.119. The summed E-state index contributed by atoms with van der Waals surface area (Å²) in [5.41, 5.74) is 1.76. The Morgan fingerprint density at radius 3 is 2.51 bits per heavy atom. The molecule has 0 fully saturated rings. The summed E-state index contributed by atoms with van der Waals surface area (Å²) < 4.78 is 23.9. The number of carbonyl (C=O) groups excluding carboxylic acids is 2. The Hall–Kier alpha value is -4.03. The number of thioether (sulfide) groups is 1. The molecule has 10 nitrogen and oxygen atoms in total. The Balaban J connectivity index is 1.25. The molecular formula is C31H30BrN3O7S. The van der Waals surface area contributed by atoms with E-state index in [0.717, 1.165) is 10.0 Å². The second-order valence-electron chi connectivity index (χ2n) is 9.69. The van der Waals surface area contributed by atoms with Gasteiger partial charge in [0, 0.05) is 35.6 Å². The van der Waals surface area contributed by atoms with Gasteiger partial charge in [0.15, 0.2) is 33.9 Å². The van der Waals surface area contributed by atoms with E-state index in [4.69, 9.17) is 23.9 Å². The first-order valence-corrected chi connectivity index (χ1v) is 15.4. The molecule has 0 radical (unpaired) electrons. The second-order valence-corrected chi connectivity index (χ2v) is 11.5. The molecule has 0 bridgehead atoms. The standard InChI is InChI=1S/C31H30BrN3O7S/c1-39-25-10-5-19(14-26(25)40-2)11-12-33-29(37)4-3-13-35-30(38)22-15-27-28(42-18-41-27)16-23(22)34-31(35)43-17-24(36)20-6-8-21(32)9-7-20/h5-10,14-16H,3-4,11-13,17-18H2,1-2H3,(H,33,37). The summed E-state index contributed by atoms with van der Waals surface area (Å²) in [7, 11) is 3.17. The van der Waals surface area contributed by atoms with Crippen molar-refractivity contribution in [3.63, 3.8) is 0 Å². The lowest BCUT2D eigenvalue weighted by molar-refractivity contribution is -0.121. The summed E-state index contributed by atoms with van der Waals surface area (Å²) in [6.07, 6.45) is 1.26. The average Bonchev–Trinajstić information content (AvgIpc) is 3.48. The minimum absolute atomic E-state index is 0.0737. The number of rotatable bonds is 13. The van der Waals surface area contributed by atoms with E-state index < -0.39 is 0 Å². The molecule has 0 atom stereocenters. The van der Waals surface area contributed by atoms with E-state index in [-0.39, 0.29) is 42.8 Å². The third kappa shape index (κ3) is 7.31. The first-order valence-electron chi connectivity index (χ1n) is 13.6. The number of Topliss-reactive ketones (excluding diaryl/α,β-unsaturated/α-hetero) is 1. The van der Waals surface area contributed by atoms with Crippen molar-refractivity contribution in [2.75, 3.05) is 33.3 Å². The Kier molecular flexibility index (Phi) is 9.88. The van der Waals surface area contributed by atoms with Crippen LogP contribution in [0.15, 0.2) is 69.0 Å². The third-order valence-corrected chi connectivity index (χ3v) is 8.39. The van der Waals surface area contributed by atoms with Crippen molar-refractivity contribution >= 4 is 50.3 Å². The monoisotopic (exact) mass is 667 g/mol. The average molecular weight is 669 g/mol. The molecule has 3 aromatic carbocycles. The van der Waals surface area contributed by atoms with E-state index in [1.54, 1.807) is 38.5 Å². The van der Waals surface area contributed by atoms with Crippen LogP contribution in [0.3, 0.4) is 0 Å². The molecule has 0 unspecified atom stereocenters. The fourth-order valence-electron chi connectivity index (χ4n) is 4.62. The molecule has 2 heterocycles. The largest absolute Gasteiger partial charge is 0.493 e. The van der Waals surface area contributed by atoms with Crippen molar-refractivity contribution in [3.8, 4) is 23.0 Å². The molecular weight excluding hydrogens is 638 g/mol. The van der Waals surface area contributed by atoms with Crippen LogP contribution in [-0.2, 0) is 17.8 Å². The van der Waals surface area contributed by atoms with Gasteiger partial charge in [-0.25, -0.2) is 4.98 Å². The number of methoxy groups -OCH3 is 2. The van der Waals surface area contributed by atoms with Crippen LogP contribution in [0.2, 0.25) is 0 Å². The highest BCUT2D eigenvalue weighted by atomic mass is 79.9. The van der Waals surface area contributed by atoms with Gasteiger partial charge in [-0.05, 0) is 48.7 Å². The topological polar surface area (TPSA) is 118 Å². The number of hydrogen-bond acceptors (Lipinski definition) is 9. The number of halogens is 1. The van der Waals surface area contributed by atoms with Gasteiger partial charge in [0.25, 0.3) is 5.56 Å². The van der Waals surface area contributed by atoms with Crippen molar-refractivity contribution in [2.45, 2.75) is 31.0 Å². The van der Waals surface area contributed by atoms with Crippen molar-refractivity contribution in [1.82, 2.24) is 14.9 Å². The van der Waals surface area contributed by atoms with Crippen LogP contribution in [0.4, 0.5) is 0 Å². The van der Waals surface area contributed by atoms with Crippen LogP contribution < -0.4 is 29.8 Å². The van der Waals surface area contributed by atoms with Crippen molar-refractivity contribution in [2.24, 2.45) is 0 Å². The molecule has 5 rings (SSSR count). The maximum atomic E-state index is 13.6. The lowest BCUT2D eigenvalue weighted by atomic mass is 10.1. The first kappa shape index (κ1) is 30.4. The first-order chi connectivity index (χ1) is 20.9. The van der Waals surface area contributed by atoms with Crippen LogP contribution in [0.1, 0.15) is 28.8 Å². The Morgan fingerprint density at radius 1 is 1.02 bits per heavy atom. The lowest BCUT2D eigenvalue weighted by Gasteiger charge is -2.14. The van der Waals surface area contributed by atoms with E-state index in [1.165, 1.54) is 16.3 Å². The summed E-state index contributed by atoms with van der Waals surface area (Å²) in [6.45, 7) is 0.788. The number of nitrogens with one attached hydrogen (secondary N) is 1. The minimum atomic E-state index is -0.268. The fraction of sp³-hybridized carbons (Fsp3) is 0.290. The van der Waals surface area contributed by atoms with Gasteiger partial charge in [0.05, 0.1) is 30.9 Å². The molecule has 4 aromatic rings. The molecule has 43 heavy (non-hydrogen) atoms. The zero-order valence-corrected chi connectivity index (χ0v) is 26.1. The number of ketones is 1. The summed E-state index contributed by atoms with van der Waals surface area (Å²) in [5, 5.41) is 3.72. The molecule has 0 saturated carbocycles. The normalized spacial score (nSPS) is 11.9. The SMILES string of the molecule is COc1ccc(CCNC(=O)CCCn2c(SCC(=O)c3ccc(Br)cc3)nc3cc4c(cc3c2=O)OCO4)cc1OC.